The summed E-state index contributed by atoms with van der Waals surface area (Å²) in [5.41, 5.74) is 0.421. The number of benzene rings is 2. The van der Waals surface area contributed by atoms with Gasteiger partial charge in [0.15, 0.2) is 17.3 Å². The van der Waals surface area contributed by atoms with Gasteiger partial charge >= 0.3 is 0 Å². The summed E-state index contributed by atoms with van der Waals surface area (Å²) >= 11 is 0. The maximum atomic E-state index is 13.2. The van der Waals surface area contributed by atoms with Gasteiger partial charge in [-0.05, 0) is 12.1 Å². The van der Waals surface area contributed by atoms with E-state index in [-0.39, 0.29) is 27.9 Å². The molecule has 0 aliphatic rings. The Bertz CT molecular complexity index is 1080. The lowest BCUT2D eigenvalue weighted by atomic mass is 10.1. The fourth-order valence-electron chi connectivity index (χ4n) is 3.11. The Balaban J connectivity index is 2.40. The molecule has 0 fully saturated rings. The third-order valence-electron chi connectivity index (χ3n) is 4.48. The molecule has 1 aromatic heterocycles. The van der Waals surface area contributed by atoms with E-state index in [2.05, 4.69) is 0 Å². The SMILES string of the molecule is COc1cc(OC)c2c(=O)c(OC)c(-c3cc(OC)c(OC)c(OC)c3)oc2c1. The summed E-state index contributed by atoms with van der Waals surface area (Å²) in [6, 6.07) is 6.56. The van der Waals surface area contributed by atoms with Crippen LogP contribution in [0.4, 0.5) is 0 Å². The highest BCUT2D eigenvalue weighted by molar-refractivity contribution is 5.89. The van der Waals surface area contributed by atoms with Crippen LogP contribution in [0.25, 0.3) is 22.3 Å². The van der Waals surface area contributed by atoms with E-state index in [1.807, 2.05) is 0 Å². The quantitative estimate of drug-likeness (QED) is 0.594. The van der Waals surface area contributed by atoms with Crippen LogP contribution in [0, 0.1) is 0 Å². The predicted molar refractivity (Wildman–Crippen MR) is 107 cm³/mol. The Kier molecular flexibility index (Phi) is 5.72. The van der Waals surface area contributed by atoms with Crippen molar-refractivity contribution in [3.05, 3.63) is 34.5 Å². The van der Waals surface area contributed by atoms with Crippen molar-refractivity contribution in [3.63, 3.8) is 0 Å². The van der Waals surface area contributed by atoms with Crippen molar-refractivity contribution in [3.8, 4) is 45.8 Å². The molecule has 154 valence electrons. The van der Waals surface area contributed by atoms with Gasteiger partial charge in [-0.25, -0.2) is 0 Å². The van der Waals surface area contributed by atoms with E-state index in [9.17, 15) is 4.79 Å². The van der Waals surface area contributed by atoms with Gasteiger partial charge in [-0.15, -0.1) is 0 Å². The van der Waals surface area contributed by atoms with E-state index in [4.69, 9.17) is 32.8 Å². The van der Waals surface area contributed by atoms with Crippen molar-refractivity contribution < 1.29 is 32.8 Å². The van der Waals surface area contributed by atoms with Crippen LogP contribution in [0.15, 0.2) is 33.5 Å². The highest BCUT2D eigenvalue weighted by Gasteiger charge is 2.23. The zero-order chi connectivity index (χ0) is 21.1. The molecule has 0 saturated heterocycles. The number of methoxy groups -OCH3 is 6. The van der Waals surface area contributed by atoms with Crippen molar-refractivity contribution in [1.82, 2.24) is 0 Å². The lowest BCUT2D eigenvalue weighted by molar-refractivity contribution is 0.324. The topological polar surface area (TPSA) is 85.6 Å². The minimum absolute atomic E-state index is 0.0234. The Labute approximate surface area is 167 Å². The summed E-state index contributed by atoms with van der Waals surface area (Å²) in [7, 11) is 8.90. The molecule has 0 bridgehead atoms. The van der Waals surface area contributed by atoms with E-state index in [1.165, 1.54) is 42.7 Å². The fraction of sp³-hybridized carbons (Fsp3) is 0.286. The number of fused-ring (bicyclic) bond motifs is 1. The van der Waals surface area contributed by atoms with Crippen LogP contribution in [-0.4, -0.2) is 42.7 Å². The van der Waals surface area contributed by atoms with E-state index in [0.717, 1.165) is 0 Å². The second kappa shape index (κ2) is 8.22. The van der Waals surface area contributed by atoms with Crippen LogP contribution in [0.5, 0.6) is 34.5 Å². The Morgan fingerprint density at radius 3 is 1.72 bits per heavy atom. The summed E-state index contributed by atoms with van der Waals surface area (Å²) in [5, 5.41) is 0.251. The third kappa shape index (κ3) is 3.37. The summed E-state index contributed by atoms with van der Waals surface area (Å²) in [6.07, 6.45) is 0. The van der Waals surface area contributed by atoms with Gasteiger partial charge in [0.2, 0.25) is 16.9 Å². The third-order valence-corrected chi connectivity index (χ3v) is 4.48. The van der Waals surface area contributed by atoms with Crippen LogP contribution < -0.4 is 33.8 Å². The maximum absolute atomic E-state index is 13.2. The molecule has 0 atom stereocenters. The summed E-state index contributed by atoms with van der Waals surface area (Å²) in [6.45, 7) is 0. The summed E-state index contributed by atoms with van der Waals surface area (Å²) < 4.78 is 38.2. The molecule has 0 aliphatic heterocycles. The molecule has 29 heavy (non-hydrogen) atoms. The molecule has 0 amide bonds. The van der Waals surface area contributed by atoms with Crippen LogP contribution in [-0.2, 0) is 0 Å². The molecule has 2 aromatic carbocycles. The molecule has 3 rings (SSSR count). The van der Waals surface area contributed by atoms with Crippen molar-refractivity contribution >= 4 is 11.0 Å². The average molecular weight is 402 g/mol. The molecular weight excluding hydrogens is 380 g/mol. The molecule has 1 heterocycles. The zero-order valence-electron chi connectivity index (χ0n) is 17.1. The Morgan fingerprint density at radius 2 is 1.24 bits per heavy atom. The Hall–Kier alpha value is -3.55. The monoisotopic (exact) mass is 402 g/mol. The molecule has 0 N–H and O–H groups in total. The number of hydrogen-bond acceptors (Lipinski definition) is 8. The van der Waals surface area contributed by atoms with Gasteiger partial charge in [-0.1, -0.05) is 0 Å². The van der Waals surface area contributed by atoms with E-state index in [1.54, 1.807) is 24.3 Å². The molecule has 3 aromatic rings. The second-order valence-corrected chi connectivity index (χ2v) is 5.91. The van der Waals surface area contributed by atoms with Crippen molar-refractivity contribution in [2.24, 2.45) is 0 Å². The smallest absolute Gasteiger partial charge is 0.239 e. The molecule has 8 nitrogen and oxygen atoms in total. The number of rotatable bonds is 7. The molecule has 8 heteroatoms. The highest BCUT2D eigenvalue weighted by Crippen LogP contribution is 2.44. The van der Waals surface area contributed by atoms with Crippen molar-refractivity contribution in [2.45, 2.75) is 0 Å². The van der Waals surface area contributed by atoms with Gasteiger partial charge in [0, 0.05) is 17.7 Å². The molecule has 0 aliphatic carbocycles. The van der Waals surface area contributed by atoms with Crippen LogP contribution in [0.3, 0.4) is 0 Å². The zero-order valence-corrected chi connectivity index (χ0v) is 17.1. The van der Waals surface area contributed by atoms with Gasteiger partial charge < -0.3 is 32.8 Å². The first-order valence-corrected chi connectivity index (χ1v) is 8.60. The fourth-order valence-corrected chi connectivity index (χ4v) is 3.11. The van der Waals surface area contributed by atoms with Crippen LogP contribution in [0.1, 0.15) is 0 Å². The first-order valence-electron chi connectivity index (χ1n) is 8.60. The van der Waals surface area contributed by atoms with Crippen molar-refractivity contribution in [2.75, 3.05) is 42.7 Å². The largest absolute Gasteiger partial charge is 0.496 e. The minimum Gasteiger partial charge on any atom is -0.496 e. The molecule has 0 saturated carbocycles. The highest BCUT2D eigenvalue weighted by atomic mass is 16.5. The lowest BCUT2D eigenvalue weighted by Gasteiger charge is -2.16. The second-order valence-electron chi connectivity index (χ2n) is 5.91. The predicted octanol–water partition coefficient (Wildman–Crippen LogP) is 3.51. The van der Waals surface area contributed by atoms with Crippen LogP contribution in [0.2, 0.25) is 0 Å². The minimum atomic E-state index is -0.378. The molecule has 0 radical (unpaired) electrons. The lowest BCUT2D eigenvalue weighted by Crippen LogP contribution is -2.09. The molecule has 0 unspecified atom stereocenters. The first-order chi connectivity index (χ1) is 14.0. The van der Waals surface area contributed by atoms with Gasteiger partial charge in [-0.2, -0.15) is 0 Å². The maximum Gasteiger partial charge on any atom is 0.239 e. The average Bonchev–Trinajstić information content (AvgIpc) is 2.76. The summed E-state index contributed by atoms with van der Waals surface area (Å²) in [5.74, 6) is 2.28. The van der Waals surface area contributed by atoms with Gasteiger partial charge in [0.05, 0.1) is 42.7 Å². The molecular formula is C21H22O8. The van der Waals surface area contributed by atoms with Crippen molar-refractivity contribution in [1.29, 1.82) is 0 Å². The van der Waals surface area contributed by atoms with Gasteiger partial charge in [0.25, 0.3) is 0 Å². The normalized spacial score (nSPS) is 10.6. The Morgan fingerprint density at radius 1 is 0.655 bits per heavy atom. The van der Waals surface area contributed by atoms with E-state index >= 15 is 0 Å². The first kappa shape index (κ1) is 20.2. The van der Waals surface area contributed by atoms with E-state index in [0.29, 0.717) is 34.3 Å². The van der Waals surface area contributed by atoms with Crippen LogP contribution >= 0.6 is 0 Å². The number of hydrogen-bond donors (Lipinski definition) is 0. The van der Waals surface area contributed by atoms with Gasteiger partial charge in [0.1, 0.15) is 22.5 Å². The summed E-state index contributed by atoms with van der Waals surface area (Å²) in [4.78, 5) is 13.2. The standard InChI is InChI=1S/C21H22O8/c1-23-12-9-13(24-2)17-14(10-12)29-19(21(28-6)18(17)22)11-7-15(25-3)20(27-5)16(8-11)26-4/h7-10H,1-6H3. The molecule has 0 spiro atoms. The number of ether oxygens (including phenoxy) is 6. The van der Waals surface area contributed by atoms with E-state index < -0.39 is 0 Å². The van der Waals surface area contributed by atoms with Gasteiger partial charge in [-0.3, -0.25) is 4.79 Å².